The molecule has 0 aliphatic heterocycles. The highest BCUT2D eigenvalue weighted by Crippen LogP contribution is 2.67. The van der Waals surface area contributed by atoms with Gasteiger partial charge in [0.1, 0.15) is 18.3 Å². The molecule has 4 aliphatic rings. The zero-order valence-electron chi connectivity index (χ0n) is 26.2. The largest absolute Gasteiger partial charge is 0.459 e. The first-order valence-corrected chi connectivity index (χ1v) is 15.3. The summed E-state index contributed by atoms with van der Waals surface area (Å²) in [5, 5.41) is 23.6. The Morgan fingerprint density at radius 3 is 2.23 bits per heavy atom. The maximum Gasteiger partial charge on any atom is 0.303 e. The molecular formula is C34H52O6. The molecule has 0 aromatic heterocycles. The lowest BCUT2D eigenvalue weighted by atomic mass is 9.45. The molecule has 2 N–H and O–H groups in total. The molecule has 9 atom stereocenters. The number of allylic oxidation sites excluding steroid dienone is 3. The predicted octanol–water partition coefficient (Wildman–Crippen LogP) is 6.31. The predicted molar refractivity (Wildman–Crippen MR) is 156 cm³/mol. The first kappa shape index (κ1) is 31.0. The second-order valence-corrected chi connectivity index (χ2v) is 14.6. The standard InChI is InChI=1S/C34H52O6/c1-18(2)19(3)11-12-20(4)24-14-15-25-23-13-16-27-32(7,8)30(39-21(5)35)26(37)17-33(27,9)28(23)29(38)31(34(24,25)10)40-22(6)36/h15,18,20,24,26-27,29-31,37-38H,3,11-14,16-17H2,1-2,4-10H3/t20-,24-,26-,27+,29-,30+,31+,33+,34-/m1/s1. The second-order valence-electron chi connectivity index (χ2n) is 14.6. The monoisotopic (exact) mass is 556 g/mol. The number of carbonyl (C=O) groups excluding carboxylic acids is 2. The van der Waals surface area contributed by atoms with Gasteiger partial charge in [-0.25, -0.2) is 0 Å². The third-order valence-corrected chi connectivity index (χ3v) is 11.4. The van der Waals surface area contributed by atoms with E-state index in [4.69, 9.17) is 9.47 Å². The molecule has 1 saturated carbocycles. The van der Waals surface area contributed by atoms with E-state index in [1.165, 1.54) is 30.6 Å². The van der Waals surface area contributed by atoms with Crippen LogP contribution in [0.2, 0.25) is 0 Å². The maximum absolute atomic E-state index is 12.5. The van der Waals surface area contributed by atoms with Gasteiger partial charge in [0.25, 0.3) is 0 Å². The van der Waals surface area contributed by atoms with Crippen molar-refractivity contribution in [3.05, 3.63) is 34.9 Å². The van der Waals surface area contributed by atoms with E-state index < -0.39 is 52.6 Å². The Bertz CT molecular complexity index is 1110. The Kier molecular flexibility index (Phi) is 8.32. The second kappa shape index (κ2) is 10.7. The zero-order valence-corrected chi connectivity index (χ0v) is 26.2. The van der Waals surface area contributed by atoms with Gasteiger partial charge in [-0.05, 0) is 84.3 Å². The Morgan fingerprint density at radius 1 is 1.05 bits per heavy atom. The summed E-state index contributed by atoms with van der Waals surface area (Å²) in [6, 6.07) is 0. The van der Waals surface area contributed by atoms with E-state index >= 15 is 0 Å². The van der Waals surface area contributed by atoms with Gasteiger partial charge in [0.15, 0.2) is 0 Å². The smallest absolute Gasteiger partial charge is 0.303 e. The van der Waals surface area contributed by atoms with Crippen LogP contribution in [0, 0.1) is 39.9 Å². The van der Waals surface area contributed by atoms with Gasteiger partial charge in [-0.2, -0.15) is 0 Å². The lowest BCUT2D eigenvalue weighted by molar-refractivity contribution is -0.196. The van der Waals surface area contributed by atoms with Crippen molar-refractivity contribution in [3.8, 4) is 0 Å². The summed E-state index contributed by atoms with van der Waals surface area (Å²) in [7, 11) is 0. The van der Waals surface area contributed by atoms with Gasteiger partial charge in [0, 0.05) is 24.7 Å². The maximum atomic E-state index is 12.5. The number of hydrogen-bond acceptors (Lipinski definition) is 6. The van der Waals surface area contributed by atoms with E-state index in [0.29, 0.717) is 18.3 Å². The fraction of sp³-hybridized carbons (Fsp3) is 0.765. The molecule has 4 rings (SSSR count). The first-order chi connectivity index (χ1) is 18.5. The highest BCUT2D eigenvalue weighted by Gasteiger charge is 2.65. The lowest BCUT2D eigenvalue weighted by Gasteiger charge is -2.62. The van der Waals surface area contributed by atoms with Crippen molar-refractivity contribution < 1.29 is 29.3 Å². The van der Waals surface area contributed by atoms with Crippen molar-refractivity contribution in [2.24, 2.45) is 39.9 Å². The van der Waals surface area contributed by atoms with Gasteiger partial charge in [-0.3, -0.25) is 9.59 Å². The number of ether oxygens (including phenoxy) is 2. The van der Waals surface area contributed by atoms with Gasteiger partial charge in [0.2, 0.25) is 0 Å². The molecule has 0 aromatic carbocycles. The van der Waals surface area contributed by atoms with Crippen molar-refractivity contribution in [3.63, 3.8) is 0 Å². The topological polar surface area (TPSA) is 93.1 Å². The molecular weight excluding hydrogens is 504 g/mol. The van der Waals surface area contributed by atoms with Crippen LogP contribution in [0.25, 0.3) is 0 Å². The molecule has 0 amide bonds. The molecule has 0 radical (unpaired) electrons. The normalized spacial score (nSPS) is 39.0. The lowest BCUT2D eigenvalue weighted by Crippen LogP contribution is -2.63. The Morgan fingerprint density at radius 2 is 1.65 bits per heavy atom. The quantitative estimate of drug-likeness (QED) is 0.282. The van der Waals surface area contributed by atoms with Gasteiger partial charge >= 0.3 is 11.9 Å². The molecule has 6 heteroatoms. The third kappa shape index (κ3) is 4.81. The van der Waals surface area contributed by atoms with Gasteiger partial charge < -0.3 is 19.7 Å². The summed E-state index contributed by atoms with van der Waals surface area (Å²) < 4.78 is 11.8. The summed E-state index contributed by atoms with van der Waals surface area (Å²) in [5.74, 6) is 0.313. The van der Waals surface area contributed by atoms with Crippen LogP contribution in [0.4, 0.5) is 0 Å². The average Bonchev–Trinajstić information content (AvgIpc) is 3.19. The Labute approximate surface area is 241 Å². The van der Waals surface area contributed by atoms with Gasteiger partial charge in [-0.1, -0.05) is 66.7 Å². The SMILES string of the molecule is C=C(CC[C@@H](C)[C@H]1CC=C2C3=C([C@@H](O)[C@H](OC(C)=O)[C@@]21C)[C@@]1(C)C[C@@H](O)[C@H](OC(C)=O)C(C)(C)[C@@H]1CC3)C(C)C. The van der Waals surface area contributed by atoms with E-state index in [0.717, 1.165) is 37.7 Å². The number of fused-ring (bicyclic) bond motifs is 4. The first-order valence-electron chi connectivity index (χ1n) is 15.3. The molecule has 40 heavy (non-hydrogen) atoms. The molecule has 1 fully saturated rings. The minimum Gasteiger partial charge on any atom is -0.459 e. The van der Waals surface area contributed by atoms with Crippen LogP contribution in [0.5, 0.6) is 0 Å². The summed E-state index contributed by atoms with van der Waals surface area (Å²) in [6.45, 7) is 22.2. The summed E-state index contributed by atoms with van der Waals surface area (Å²) in [5.41, 5.74) is 3.02. The average molecular weight is 557 g/mol. The number of aliphatic hydroxyl groups excluding tert-OH is 2. The zero-order chi connectivity index (χ0) is 29.9. The van der Waals surface area contributed by atoms with Crippen molar-refractivity contribution in [2.45, 2.75) is 125 Å². The molecule has 0 spiro atoms. The van der Waals surface area contributed by atoms with Crippen LogP contribution in [0.3, 0.4) is 0 Å². The fourth-order valence-corrected chi connectivity index (χ4v) is 9.45. The molecule has 0 aromatic rings. The van der Waals surface area contributed by atoms with Crippen LogP contribution in [0.15, 0.2) is 34.9 Å². The van der Waals surface area contributed by atoms with Crippen LogP contribution in [0.1, 0.15) is 101 Å². The van der Waals surface area contributed by atoms with Crippen molar-refractivity contribution >= 4 is 11.9 Å². The van der Waals surface area contributed by atoms with Crippen LogP contribution >= 0.6 is 0 Å². The Balaban J connectivity index is 1.77. The van der Waals surface area contributed by atoms with E-state index in [-0.39, 0.29) is 11.8 Å². The van der Waals surface area contributed by atoms with Crippen LogP contribution in [-0.2, 0) is 19.1 Å². The molecule has 4 aliphatic carbocycles. The number of aliphatic hydroxyl groups is 2. The van der Waals surface area contributed by atoms with Crippen LogP contribution < -0.4 is 0 Å². The summed E-state index contributed by atoms with van der Waals surface area (Å²) in [4.78, 5) is 24.4. The van der Waals surface area contributed by atoms with E-state index in [2.05, 4.69) is 61.1 Å². The molecule has 6 nitrogen and oxygen atoms in total. The van der Waals surface area contributed by atoms with Crippen LogP contribution in [-0.4, -0.2) is 46.6 Å². The molecule has 0 heterocycles. The minimum absolute atomic E-state index is 0.0715. The minimum atomic E-state index is -0.972. The van der Waals surface area contributed by atoms with E-state index in [1.807, 2.05) is 0 Å². The molecule has 0 unspecified atom stereocenters. The number of hydrogen-bond donors (Lipinski definition) is 2. The number of carbonyl (C=O) groups is 2. The van der Waals surface area contributed by atoms with Gasteiger partial charge in [0.05, 0.1) is 6.10 Å². The van der Waals surface area contributed by atoms with E-state index in [1.54, 1.807) is 0 Å². The summed E-state index contributed by atoms with van der Waals surface area (Å²) >= 11 is 0. The van der Waals surface area contributed by atoms with Crippen molar-refractivity contribution in [1.82, 2.24) is 0 Å². The Hall–Kier alpha value is -1.92. The molecule has 0 saturated heterocycles. The van der Waals surface area contributed by atoms with Gasteiger partial charge in [-0.15, -0.1) is 0 Å². The summed E-state index contributed by atoms with van der Waals surface area (Å²) in [6.07, 6.45) is 4.09. The number of esters is 2. The fourth-order valence-electron chi connectivity index (χ4n) is 9.45. The number of rotatable bonds is 7. The third-order valence-electron chi connectivity index (χ3n) is 11.4. The van der Waals surface area contributed by atoms with E-state index in [9.17, 15) is 19.8 Å². The molecule has 0 bridgehead atoms. The highest BCUT2D eigenvalue weighted by molar-refractivity contribution is 5.67. The molecule has 224 valence electrons. The highest BCUT2D eigenvalue weighted by atomic mass is 16.6. The van der Waals surface area contributed by atoms with Crippen molar-refractivity contribution in [2.75, 3.05) is 0 Å². The van der Waals surface area contributed by atoms with Crippen molar-refractivity contribution in [1.29, 1.82) is 0 Å².